The van der Waals surface area contributed by atoms with Gasteiger partial charge in [0.05, 0.1) is 6.61 Å². The van der Waals surface area contributed by atoms with E-state index in [1.165, 1.54) is 23.5 Å². The first-order chi connectivity index (χ1) is 11.2. The third kappa shape index (κ3) is 3.76. The topological polar surface area (TPSA) is 42.4 Å². The lowest BCUT2D eigenvalue weighted by atomic mass is 10.1. The van der Waals surface area contributed by atoms with Crippen molar-refractivity contribution in [1.29, 1.82) is 0 Å². The second kappa shape index (κ2) is 7.19. The minimum atomic E-state index is -0.280. The summed E-state index contributed by atoms with van der Waals surface area (Å²) in [5, 5.41) is 2.50. The predicted molar refractivity (Wildman–Crippen MR) is 88.0 cm³/mol. The molecule has 3 rings (SSSR count). The quantitative estimate of drug-likeness (QED) is 0.841. The van der Waals surface area contributed by atoms with E-state index in [1.807, 2.05) is 11.8 Å². The van der Waals surface area contributed by atoms with Crippen molar-refractivity contribution >= 4 is 17.2 Å². The summed E-state index contributed by atoms with van der Waals surface area (Å²) in [7, 11) is 0. The van der Waals surface area contributed by atoms with Crippen molar-refractivity contribution in [3.63, 3.8) is 0 Å². The summed E-state index contributed by atoms with van der Waals surface area (Å²) >= 11 is 1.40. The zero-order valence-corrected chi connectivity index (χ0v) is 13.8. The Bertz CT molecular complexity index is 665. The molecule has 4 nitrogen and oxygen atoms in total. The van der Waals surface area contributed by atoms with Crippen LogP contribution in [0.15, 0.2) is 29.6 Å². The molecule has 23 heavy (non-hydrogen) atoms. The van der Waals surface area contributed by atoms with Crippen molar-refractivity contribution in [2.75, 3.05) is 26.3 Å². The highest BCUT2D eigenvalue weighted by Crippen LogP contribution is 2.25. The Labute approximate surface area is 138 Å². The molecule has 1 unspecified atom stereocenters. The fraction of sp³-hybridized carbons (Fsp3) is 0.412. The van der Waals surface area contributed by atoms with Crippen LogP contribution < -0.4 is 0 Å². The number of carbonyl (C=O) groups is 1. The van der Waals surface area contributed by atoms with Crippen LogP contribution in [0.2, 0.25) is 0 Å². The number of rotatable bonds is 5. The van der Waals surface area contributed by atoms with E-state index >= 15 is 0 Å². The average Bonchev–Trinajstić information content (AvgIpc) is 3.24. The van der Waals surface area contributed by atoms with E-state index in [-0.39, 0.29) is 11.7 Å². The number of aromatic nitrogens is 1. The van der Waals surface area contributed by atoms with Gasteiger partial charge in [0.25, 0.3) is 5.91 Å². The minimum Gasteiger partial charge on any atom is -0.381 e. The van der Waals surface area contributed by atoms with Crippen LogP contribution in [-0.2, 0) is 4.74 Å². The van der Waals surface area contributed by atoms with Gasteiger partial charge in [-0.05, 0) is 37.6 Å². The van der Waals surface area contributed by atoms with E-state index in [2.05, 4.69) is 4.98 Å². The number of thiazole rings is 1. The van der Waals surface area contributed by atoms with E-state index in [0.29, 0.717) is 24.7 Å². The molecule has 1 aromatic carbocycles. The summed E-state index contributed by atoms with van der Waals surface area (Å²) in [5.74, 6) is 0.0793. The van der Waals surface area contributed by atoms with Gasteiger partial charge in [0.1, 0.15) is 16.5 Å². The molecule has 1 amide bonds. The van der Waals surface area contributed by atoms with Gasteiger partial charge in [-0.15, -0.1) is 11.3 Å². The molecule has 0 aliphatic carbocycles. The molecule has 1 aliphatic heterocycles. The highest BCUT2D eigenvalue weighted by Gasteiger charge is 2.23. The van der Waals surface area contributed by atoms with Crippen LogP contribution in [0.3, 0.4) is 0 Å². The summed E-state index contributed by atoms with van der Waals surface area (Å²) in [6, 6.07) is 6.15. The van der Waals surface area contributed by atoms with Gasteiger partial charge < -0.3 is 9.64 Å². The molecule has 1 saturated heterocycles. The lowest BCUT2D eigenvalue weighted by Gasteiger charge is -2.22. The first-order valence-corrected chi connectivity index (χ1v) is 8.64. The number of ether oxygens (including phenoxy) is 1. The Hall–Kier alpha value is -1.79. The molecule has 0 saturated carbocycles. The maximum atomic E-state index is 13.0. The zero-order valence-electron chi connectivity index (χ0n) is 13.0. The van der Waals surface area contributed by atoms with Crippen LogP contribution in [0.4, 0.5) is 4.39 Å². The molecule has 0 radical (unpaired) electrons. The van der Waals surface area contributed by atoms with Crippen molar-refractivity contribution in [2.24, 2.45) is 5.92 Å². The third-order valence-electron chi connectivity index (χ3n) is 3.99. The SMILES string of the molecule is CCN(CC1CCOC1)C(=O)c1csc(-c2ccc(F)cc2)n1. The monoisotopic (exact) mass is 334 g/mol. The second-order valence-electron chi connectivity index (χ2n) is 5.62. The van der Waals surface area contributed by atoms with Gasteiger partial charge in [-0.25, -0.2) is 9.37 Å². The van der Waals surface area contributed by atoms with Gasteiger partial charge in [-0.2, -0.15) is 0 Å². The molecule has 1 aromatic heterocycles. The van der Waals surface area contributed by atoms with Crippen molar-refractivity contribution < 1.29 is 13.9 Å². The third-order valence-corrected chi connectivity index (χ3v) is 4.88. The van der Waals surface area contributed by atoms with E-state index in [4.69, 9.17) is 4.74 Å². The Balaban J connectivity index is 1.72. The number of halogens is 1. The molecule has 0 bridgehead atoms. The highest BCUT2D eigenvalue weighted by molar-refractivity contribution is 7.13. The van der Waals surface area contributed by atoms with Gasteiger partial charge in [-0.3, -0.25) is 4.79 Å². The van der Waals surface area contributed by atoms with Crippen LogP contribution in [0.1, 0.15) is 23.8 Å². The molecule has 6 heteroatoms. The molecule has 1 atom stereocenters. The lowest BCUT2D eigenvalue weighted by molar-refractivity contribution is 0.0726. The average molecular weight is 334 g/mol. The van der Waals surface area contributed by atoms with Gasteiger partial charge in [0.2, 0.25) is 0 Å². The summed E-state index contributed by atoms with van der Waals surface area (Å²) in [6.07, 6.45) is 1.00. The van der Waals surface area contributed by atoms with Gasteiger partial charge in [-0.1, -0.05) is 0 Å². The van der Waals surface area contributed by atoms with Crippen molar-refractivity contribution in [3.05, 3.63) is 41.2 Å². The van der Waals surface area contributed by atoms with Gasteiger partial charge in [0, 0.05) is 36.6 Å². The zero-order chi connectivity index (χ0) is 16.2. The maximum absolute atomic E-state index is 13.0. The summed E-state index contributed by atoms with van der Waals surface area (Å²) in [5.41, 5.74) is 1.28. The summed E-state index contributed by atoms with van der Waals surface area (Å²) in [6.45, 7) is 4.84. The molecule has 2 heterocycles. The first-order valence-electron chi connectivity index (χ1n) is 7.76. The van der Waals surface area contributed by atoms with Crippen molar-refractivity contribution in [3.8, 4) is 10.6 Å². The van der Waals surface area contributed by atoms with Crippen molar-refractivity contribution in [2.45, 2.75) is 13.3 Å². The van der Waals surface area contributed by atoms with Crippen LogP contribution in [0.5, 0.6) is 0 Å². The van der Waals surface area contributed by atoms with Crippen LogP contribution in [0, 0.1) is 11.7 Å². The lowest BCUT2D eigenvalue weighted by Crippen LogP contribution is -2.35. The molecule has 1 aliphatic rings. The maximum Gasteiger partial charge on any atom is 0.273 e. The normalized spacial score (nSPS) is 17.4. The molecular formula is C17H19FN2O2S. The van der Waals surface area contributed by atoms with Gasteiger partial charge in [0.15, 0.2) is 0 Å². The highest BCUT2D eigenvalue weighted by atomic mass is 32.1. The summed E-state index contributed by atoms with van der Waals surface area (Å²) in [4.78, 5) is 18.9. The number of benzene rings is 1. The molecular weight excluding hydrogens is 315 g/mol. The Morgan fingerprint density at radius 3 is 2.87 bits per heavy atom. The molecule has 0 spiro atoms. The number of amides is 1. The Morgan fingerprint density at radius 1 is 1.43 bits per heavy atom. The number of hydrogen-bond donors (Lipinski definition) is 0. The molecule has 0 N–H and O–H groups in total. The smallest absolute Gasteiger partial charge is 0.273 e. The number of carbonyl (C=O) groups excluding carboxylic acids is 1. The second-order valence-corrected chi connectivity index (χ2v) is 6.48. The van der Waals surface area contributed by atoms with Crippen molar-refractivity contribution in [1.82, 2.24) is 9.88 Å². The first kappa shape index (κ1) is 16.1. The number of nitrogens with zero attached hydrogens (tertiary/aromatic N) is 2. The number of hydrogen-bond acceptors (Lipinski definition) is 4. The van der Waals surface area contributed by atoms with Crippen LogP contribution in [0.25, 0.3) is 10.6 Å². The standard InChI is InChI=1S/C17H19FN2O2S/c1-2-20(9-12-7-8-22-10-12)17(21)15-11-23-16(19-15)13-3-5-14(18)6-4-13/h3-6,11-12H,2,7-10H2,1H3. The molecule has 1 fully saturated rings. The molecule has 2 aromatic rings. The Morgan fingerprint density at radius 2 is 2.22 bits per heavy atom. The fourth-order valence-corrected chi connectivity index (χ4v) is 3.45. The fourth-order valence-electron chi connectivity index (χ4n) is 2.65. The summed E-state index contributed by atoms with van der Waals surface area (Å²) < 4.78 is 18.4. The van der Waals surface area contributed by atoms with Gasteiger partial charge >= 0.3 is 0 Å². The van der Waals surface area contributed by atoms with Crippen LogP contribution in [-0.4, -0.2) is 42.1 Å². The minimum absolute atomic E-state index is 0.0518. The Kier molecular flexibility index (Phi) is 5.03. The van der Waals surface area contributed by atoms with E-state index in [9.17, 15) is 9.18 Å². The largest absolute Gasteiger partial charge is 0.381 e. The van der Waals surface area contributed by atoms with E-state index in [0.717, 1.165) is 30.2 Å². The van der Waals surface area contributed by atoms with Crippen LogP contribution >= 0.6 is 11.3 Å². The van der Waals surface area contributed by atoms with E-state index < -0.39 is 0 Å². The predicted octanol–water partition coefficient (Wildman–Crippen LogP) is 3.45. The molecule has 122 valence electrons. The van der Waals surface area contributed by atoms with E-state index in [1.54, 1.807) is 17.5 Å².